The molecule has 2 aromatic rings. The molecule has 0 aromatic heterocycles. The second-order valence-corrected chi connectivity index (χ2v) is 12.8. The first-order valence-electron chi connectivity index (χ1n) is 9.30. The van der Waals surface area contributed by atoms with Gasteiger partial charge in [-0.3, -0.25) is 0 Å². The third-order valence-corrected chi connectivity index (χ3v) is 10.8. The lowest BCUT2D eigenvalue weighted by Crippen LogP contribution is -2.32. The van der Waals surface area contributed by atoms with Crippen LogP contribution in [0.5, 0.6) is 0 Å². The van der Waals surface area contributed by atoms with Crippen LogP contribution < -0.4 is 0 Å². The molecule has 0 saturated carbocycles. The Kier molecular flexibility index (Phi) is 5.03. The van der Waals surface area contributed by atoms with E-state index in [1.54, 1.807) is 0 Å². The van der Waals surface area contributed by atoms with Crippen molar-refractivity contribution in [3.05, 3.63) is 104 Å². The molecule has 0 nitrogen and oxygen atoms in total. The third-order valence-electron chi connectivity index (χ3n) is 5.70. The minimum absolute atomic E-state index is 0.927. The highest BCUT2D eigenvalue weighted by atomic mass is 35.5. The quantitative estimate of drug-likeness (QED) is 0.453. The van der Waals surface area contributed by atoms with Crippen molar-refractivity contribution in [1.29, 1.82) is 0 Å². The summed E-state index contributed by atoms with van der Waals surface area (Å²) >= 11 is 13.8. The average Bonchev–Trinajstić information content (AvgIpc) is 3.27. The highest BCUT2D eigenvalue weighted by Crippen LogP contribution is 2.47. The van der Waals surface area contributed by atoms with Crippen LogP contribution in [-0.4, -0.2) is 8.07 Å². The van der Waals surface area contributed by atoms with Crippen LogP contribution in [0.15, 0.2) is 93.3 Å². The van der Waals surface area contributed by atoms with Crippen LogP contribution in [-0.2, 0) is 0 Å². The molecule has 0 bridgehead atoms. The van der Waals surface area contributed by atoms with Gasteiger partial charge in [-0.2, -0.15) is 0 Å². The lowest BCUT2D eigenvalue weighted by Gasteiger charge is -2.28. The molecule has 0 heterocycles. The summed E-state index contributed by atoms with van der Waals surface area (Å²) in [4.78, 5) is 0. The van der Waals surface area contributed by atoms with Gasteiger partial charge in [0.25, 0.3) is 0 Å². The van der Waals surface area contributed by atoms with Gasteiger partial charge >= 0.3 is 0 Å². The summed E-state index contributed by atoms with van der Waals surface area (Å²) in [6, 6.07) is 20.8. The summed E-state index contributed by atoms with van der Waals surface area (Å²) in [5.41, 5.74) is 4.71. The van der Waals surface area contributed by atoms with E-state index in [2.05, 4.69) is 73.8 Å². The Bertz CT molecular complexity index is 912. The minimum atomic E-state index is -1.92. The van der Waals surface area contributed by atoms with E-state index in [4.69, 9.17) is 23.2 Å². The Labute approximate surface area is 172 Å². The number of halogens is 2. The number of hydrogen-bond acceptors (Lipinski definition) is 0. The zero-order chi connectivity index (χ0) is 19.0. The predicted molar refractivity (Wildman–Crippen MR) is 121 cm³/mol. The van der Waals surface area contributed by atoms with E-state index in [1.807, 2.05) is 12.1 Å². The van der Waals surface area contributed by atoms with E-state index in [0.717, 1.165) is 22.9 Å². The van der Waals surface area contributed by atoms with Crippen molar-refractivity contribution < 1.29 is 0 Å². The lowest BCUT2D eigenvalue weighted by atomic mass is 10.1. The molecule has 3 heteroatoms. The first-order valence-corrected chi connectivity index (χ1v) is 13.1. The predicted octanol–water partition coefficient (Wildman–Crippen LogP) is 7.73. The van der Waals surface area contributed by atoms with Gasteiger partial charge < -0.3 is 0 Å². The van der Waals surface area contributed by atoms with E-state index >= 15 is 0 Å². The fourth-order valence-electron chi connectivity index (χ4n) is 4.06. The van der Waals surface area contributed by atoms with E-state index in [9.17, 15) is 0 Å². The van der Waals surface area contributed by atoms with Gasteiger partial charge in [0.15, 0.2) is 0 Å². The fourth-order valence-corrected chi connectivity index (χ4v) is 8.96. The van der Waals surface area contributed by atoms with E-state index in [1.165, 1.54) is 32.7 Å². The molecule has 0 N–H and O–H groups in total. The van der Waals surface area contributed by atoms with E-state index in [0.29, 0.717) is 0 Å². The molecule has 0 saturated heterocycles. The van der Waals surface area contributed by atoms with Crippen molar-refractivity contribution >= 4 is 42.4 Å². The molecule has 2 aromatic carbocycles. The third kappa shape index (κ3) is 3.29. The van der Waals surface area contributed by atoms with Crippen LogP contribution in [0.3, 0.4) is 0 Å². The van der Waals surface area contributed by atoms with Gasteiger partial charge in [0.2, 0.25) is 0 Å². The maximum absolute atomic E-state index is 6.91. The molecule has 2 aliphatic carbocycles. The zero-order valence-corrected chi connectivity index (χ0v) is 18.1. The molecule has 136 valence electrons. The molecular weight excluding hydrogens is 387 g/mol. The van der Waals surface area contributed by atoms with Gasteiger partial charge in [0, 0.05) is 10.1 Å². The van der Waals surface area contributed by atoms with Crippen LogP contribution in [0.4, 0.5) is 0 Å². The fraction of sp³-hybridized carbons (Fsp3) is 0.167. The largest absolute Gasteiger partial charge is 0.107 e. The molecule has 0 radical (unpaired) electrons. The van der Waals surface area contributed by atoms with Gasteiger partial charge in [-0.05, 0) is 35.1 Å². The molecule has 0 fully saturated rings. The smallest absolute Gasteiger partial charge is 0.0841 e. The minimum Gasteiger partial charge on any atom is -0.0841 e. The molecule has 4 rings (SSSR count). The summed E-state index contributed by atoms with van der Waals surface area (Å²) in [7, 11) is -1.92. The summed E-state index contributed by atoms with van der Waals surface area (Å²) < 4.78 is 0. The normalized spacial score (nSPS) is 17.5. The van der Waals surface area contributed by atoms with Crippen molar-refractivity contribution in [2.75, 3.05) is 0 Å². The Balaban J connectivity index is 1.69. The monoisotopic (exact) mass is 408 g/mol. The molecule has 2 aliphatic rings. The lowest BCUT2D eigenvalue weighted by molar-refractivity contribution is 1.29. The number of benzene rings is 2. The first kappa shape index (κ1) is 18.6. The van der Waals surface area contributed by atoms with Crippen molar-refractivity contribution in [3.63, 3.8) is 0 Å². The number of allylic oxidation sites excluding steroid dienone is 8. The molecule has 0 aliphatic heterocycles. The first-order chi connectivity index (χ1) is 13.0. The molecule has 0 atom stereocenters. The van der Waals surface area contributed by atoms with Crippen LogP contribution in [0.1, 0.15) is 24.0 Å². The molecule has 27 heavy (non-hydrogen) atoms. The Morgan fingerprint density at radius 1 is 0.630 bits per heavy atom. The summed E-state index contributed by atoms with van der Waals surface area (Å²) in [5, 5.41) is 4.64. The summed E-state index contributed by atoms with van der Waals surface area (Å²) in [5.74, 6) is 0. The average molecular weight is 409 g/mol. The van der Waals surface area contributed by atoms with Crippen molar-refractivity contribution in [2.24, 2.45) is 0 Å². The van der Waals surface area contributed by atoms with Crippen molar-refractivity contribution in [1.82, 2.24) is 0 Å². The van der Waals surface area contributed by atoms with E-state index < -0.39 is 8.07 Å². The maximum atomic E-state index is 6.91. The molecular formula is C24H22Cl2Si. The van der Waals surface area contributed by atoms with Gasteiger partial charge in [0.05, 0.1) is 0 Å². The van der Waals surface area contributed by atoms with E-state index in [-0.39, 0.29) is 0 Å². The number of hydrogen-bond donors (Lipinski definition) is 0. The number of rotatable bonds is 4. The van der Waals surface area contributed by atoms with Crippen LogP contribution in [0.25, 0.3) is 11.1 Å². The Morgan fingerprint density at radius 2 is 1.00 bits per heavy atom. The van der Waals surface area contributed by atoms with Gasteiger partial charge in [0.1, 0.15) is 8.07 Å². The highest BCUT2D eigenvalue weighted by molar-refractivity contribution is 6.92. The van der Waals surface area contributed by atoms with Crippen LogP contribution >= 0.6 is 23.2 Å². The SMILES string of the molecule is C[Si](C)(C1=C(Cl)C(c2ccccc2)=CC1)C1=C(Cl)C(c2ccccc2)=CC1. The standard InChI is InChI=1S/C24H22Cl2Si/c1-27(2,21-15-13-19(23(21)25)17-9-5-3-6-10-17)22-16-14-20(24(22)26)18-11-7-4-8-12-18/h3-14H,15-16H2,1-2H3. The van der Waals surface area contributed by atoms with Gasteiger partial charge in [-0.15, -0.1) is 0 Å². The molecule has 0 unspecified atom stereocenters. The highest BCUT2D eigenvalue weighted by Gasteiger charge is 2.38. The topological polar surface area (TPSA) is 0 Å². The Hall–Kier alpha value is -1.80. The molecule has 0 spiro atoms. The van der Waals surface area contributed by atoms with Crippen molar-refractivity contribution in [3.8, 4) is 0 Å². The van der Waals surface area contributed by atoms with Crippen LogP contribution in [0.2, 0.25) is 13.1 Å². The maximum Gasteiger partial charge on any atom is 0.107 e. The zero-order valence-electron chi connectivity index (χ0n) is 15.6. The van der Waals surface area contributed by atoms with Crippen LogP contribution in [0, 0.1) is 0 Å². The van der Waals surface area contributed by atoms with Gasteiger partial charge in [-0.25, -0.2) is 0 Å². The Morgan fingerprint density at radius 3 is 1.37 bits per heavy atom. The summed E-state index contributed by atoms with van der Waals surface area (Å²) in [6.07, 6.45) is 6.40. The second-order valence-electron chi connectivity index (χ2n) is 7.59. The van der Waals surface area contributed by atoms with Crippen molar-refractivity contribution in [2.45, 2.75) is 25.9 Å². The summed E-state index contributed by atoms with van der Waals surface area (Å²) in [6.45, 7) is 4.76. The second kappa shape index (κ2) is 7.31. The molecule has 0 amide bonds. The van der Waals surface area contributed by atoms with Gasteiger partial charge in [-0.1, -0.05) is 120 Å².